The average Bonchev–Trinajstić information content (AvgIpc) is 3.23. The van der Waals surface area contributed by atoms with Crippen molar-refractivity contribution in [3.8, 4) is 0 Å². The summed E-state index contributed by atoms with van der Waals surface area (Å²) in [6.07, 6.45) is 13.3. The molecule has 0 saturated carbocycles. The van der Waals surface area contributed by atoms with Crippen LogP contribution in [0.1, 0.15) is 38.8 Å². The third-order valence-electron chi connectivity index (χ3n) is 7.69. The molecule has 0 unspecified atom stereocenters. The molecular formula is C31H36KN2O6S2+. The minimum absolute atomic E-state index is 0. The van der Waals surface area contributed by atoms with Gasteiger partial charge < -0.3 is 9.45 Å². The number of benzene rings is 2. The van der Waals surface area contributed by atoms with Gasteiger partial charge in [-0.25, -0.2) is 8.42 Å². The van der Waals surface area contributed by atoms with Gasteiger partial charge in [-0.15, -0.1) is 0 Å². The van der Waals surface area contributed by atoms with Crippen LogP contribution in [0.5, 0.6) is 0 Å². The Bertz CT molecular complexity index is 1700. The molecule has 0 fully saturated rings. The molecule has 4 rings (SSSR count). The molecule has 42 heavy (non-hydrogen) atoms. The molecule has 0 bridgehead atoms. The predicted molar refractivity (Wildman–Crippen MR) is 163 cm³/mol. The van der Waals surface area contributed by atoms with Crippen molar-refractivity contribution in [2.24, 2.45) is 0 Å². The second-order valence-corrected chi connectivity index (χ2v) is 14.3. The molecular weight excluding hydrogens is 600 g/mol. The van der Waals surface area contributed by atoms with Crippen molar-refractivity contribution in [2.75, 3.05) is 29.5 Å². The summed E-state index contributed by atoms with van der Waals surface area (Å²) in [6.45, 7) is 8.53. The second kappa shape index (κ2) is 13.5. The van der Waals surface area contributed by atoms with Gasteiger partial charge in [-0.2, -0.15) is 13.0 Å². The molecule has 2 aliphatic heterocycles. The van der Waals surface area contributed by atoms with E-state index in [1.165, 1.54) is 0 Å². The summed E-state index contributed by atoms with van der Waals surface area (Å²) in [4.78, 5) is 1.90. The number of anilines is 1. The zero-order valence-corrected chi connectivity index (χ0v) is 29.4. The SMILES string of the molecule is CC1(C)C(/C=C/C=C/C=C/C=C2/N(CCS(=O)(=O)[O-])c3ccccc3C2(C)C)=[N+](CCS(=O)(=O)O)c2ccccc21.[K+]. The molecule has 0 aliphatic carbocycles. The van der Waals surface area contributed by atoms with Gasteiger partial charge in [0.05, 0.1) is 21.3 Å². The van der Waals surface area contributed by atoms with Crippen LogP contribution in [-0.2, 0) is 31.1 Å². The van der Waals surface area contributed by atoms with Crippen molar-refractivity contribution in [3.05, 3.63) is 108 Å². The zero-order valence-electron chi connectivity index (χ0n) is 24.7. The maximum atomic E-state index is 11.5. The van der Waals surface area contributed by atoms with Gasteiger partial charge in [0.1, 0.15) is 5.75 Å². The zero-order chi connectivity index (χ0) is 30.1. The first-order valence-corrected chi connectivity index (χ1v) is 16.5. The number of allylic oxidation sites excluding steroid dienone is 8. The number of hydrogen-bond acceptors (Lipinski definition) is 6. The topological polar surface area (TPSA) is 118 Å². The van der Waals surface area contributed by atoms with Gasteiger partial charge in [-0.3, -0.25) is 4.55 Å². The first kappa shape index (κ1) is 34.8. The number of nitrogens with zero attached hydrogens (tertiary/aromatic N) is 2. The Morgan fingerprint density at radius 3 is 2.10 bits per heavy atom. The van der Waals surface area contributed by atoms with Crippen LogP contribution in [0, 0.1) is 0 Å². The van der Waals surface area contributed by atoms with Crippen molar-refractivity contribution >= 4 is 37.3 Å². The fourth-order valence-electron chi connectivity index (χ4n) is 5.66. The smallest absolute Gasteiger partial charge is 0.748 e. The number of para-hydroxylation sites is 2. The Morgan fingerprint density at radius 2 is 1.43 bits per heavy atom. The molecule has 0 spiro atoms. The van der Waals surface area contributed by atoms with E-state index < -0.39 is 26.0 Å². The van der Waals surface area contributed by atoms with E-state index in [1.54, 1.807) is 0 Å². The van der Waals surface area contributed by atoms with E-state index in [4.69, 9.17) is 0 Å². The first-order valence-electron chi connectivity index (χ1n) is 13.4. The van der Waals surface area contributed by atoms with E-state index in [-0.39, 0.29) is 81.1 Å². The molecule has 0 saturated heterocycles. The minimum atomic E-state index is -4.36. The van der Waals surface area contributed by atoms with Crippen molar-refractivity contribution in [1.29, 1.82) is 0 Å². The summed E-state index contributed by atoms with van der Waals surface area (Å²) in [5.41, 5.74) is 5.07. The van der Waals surface area contributed by atoms with E-state index in [9.17, 15) is 25.9 Å². The maximum absolute atomic E-state index is 11.5. The third kappa shape index (κ3) is 7.88. The Balaban J connectivity index is 0.00000484. The summed E-state index contributed by atoms with van der Waals surface area (Å²) >= 11 is 0. The summed E-state index contributed by atoms with van der Waals surface area (Å²) in [6, 6.07) is 15.6. The number of hydrogen-bond donors (Lipinski definition) is 1. The van der Waals surface area contributed by atoms with Gasteiger partial charge in [0.2, 0.25) is 5.69 Å². The van der Waals surface area contributed by atoms with Crippen LogP contribution in [0.25, 0.3) is 0 Å². The molecule has 2 heterocycles. The van der Waals surface area contributed by atoms with Crippen molar-refractivity contribution in [3.63, 3.8) is 0 Å². The quantitative estimate of drug-likeness (QED) is 0.183. The van der Waals surface area contributed by atoms with Gasteiger partial charge in [0.25, 0.3) is 10.1 Å². The van der Waals surface area contributed by atoms with E-state index in [0.29, 0.717) is 0 Å². The van der Waals surface area contributed by atoms with Crippen LogP contribution >= 0.6 is 0 Å². The van der Waals surface area contributed by atoms with E-state index >= 15 is 0 Å². The number of rotatable bonds is 10. The molecule has 2 aromatic rings. The molecule has 0 aromatic heterocycles. The second-order valence-electron chi connectivity index (χ2n) is 11.2. The van der Waals surface area contributed by atoms with Crippen LogP contribution in [0.2, 0.25) is 0 Å². The van der Waals surface area contributed by atoms with Gasteiger partial charge in [-0.05, 0) is 31.6 Å². The third-order valence-corrected chi connectivity index (χ3v) is 9.07. The van der Waals surface area contributed by atoms with Crippen LogP contribution in [0.4, 0.5) is 11.4 Å². The summed E-state index contributed by atoms with van der Waals surface area (Å²) in [7, 11) is -8.48. The van der Waals surface area contributed by atoms with Gasteiger partial charge in [-0.1, -0.05) is 80.6 Å². The van der Waals surface area contributed by atoms with Crippen molar-refractivity contribution in [2.45, 2.75) is 38.5 Å². The van der Waals surface area contributed by atoms with Crippen LogP contribution in [-0.4, -0.2) is 60.8 Å². The summed E-state index contributed by atoms with van der Waals surface area (Å²) in [5.74, 6) is -0.858. The molecule has 0 amide bonds. The molecule has 0 atom stereocenters. The predicted octanol–water partition coefficient (Wildman–Crippen LogP) is 1.85. The fraction of sp³-hybridized carbons (Fsp3) is 0.323. The Kier molecular flexibility index (Phi) is 11.2. The van der Waals surface area contributed by atoms with Gasteiger partial charge >= 0.3 is 51.4 Å². The first-order chi connectivity index (χ1) is 19.1. The molecule has 2 aliphatic rings. The molecule has 2 aromatic carbocycles. The average molecular weight is 636 g/mol. The largest absolute Gasteiger partial charge is 1.00 e. The maximum Gasteiger partial charge on any atom is 1.00 e. The molecule has 218 valence electrons. The summed E-state index contributed by atoms with van der Waals surface area (Å²) < 4.78 is 68.3. The van der Waals surface area contributed by atoms with E-state index in [1.807, 2.05) is 101 Å². The normalized spacial score (nSPS) is 18.8. The van der Waals surface area contributed by atoms with Gasteiger partial charge in [0, 0.05) is 41.1 Å². The minimum Gasteiger partial charge on any atom is -0.748 e. The van der Waals surface area contributed by atoms with Crippen molar-refractivity contribution < 1.29 is 81.9 Å². The molecule has 8 nitrogen and oxygen atoms in total. The summed E-state index contributed by atoms with van der Waals surface area (Å²) in [5, 5.41) is 0. The molecule has 11 heteroatoms. The Hall–Kier alpha value is -1.67. The van der Waals surface area contributed by atoms with Crippen molar-refractivity contribution in [1.82, 2.24) is 0 Å². The molecule has 1 N–H and O–H groups in total. The standard InChI is InChI=1S/C31H36N2O6S2.K/c1-30(2)24-14-10-12-16-26(24)32(20-22-40(34,35)36)28(30)18-8-6-5-7-9-19-29-31(3,4)25-15-11-13-17-27(25)33(29)21-23-41(37,38)39;/h5-19H,20-23H2,1-4H3,(H-,34,35,36,37,38,39);/q;+1. The van der Waals surface area contributed by atoms with Gasteiger partial charge in [0.15, 0.2) is 12.3 Å². The van der Waals surface area contributed by atoms with Crippen LogP contribution in [0.3, 0.4) is 0 Å². The van der Waals surface area contributed by atoms with E-state index in [2.05, 4.69) is 27.7 Å². The fourth-order valence-corrected chi connectivity index (χ4v) is 6.48. The van der Waals surface area contributed by atoms with Crippen LogP contribution < -0.4 is 56.3 Å². The molecule has 0 radical (unpaired) electrons. The Morgan fingerprint density at radius 1 is 0.833 bits per heavy atom. The van der Waals surface area contributed by atoms with E-state index in [0.717, 1.165) is 33.9 Å². The number of fused-ring (bicyclic) bond motifs is 2. The van der Waals surface area contributed by atoms with Crippen LogP contribution in [0.15, 0.2) is 96.8 Å². The Labute approximate surface area is 292 Å². The monoisotopic (exact) mass is 635 g/mol.